The molecule has 0 bridgehead atoms. The molecule has 11 nitrogen and oxygen atoms in total. The van der Waals surface area contributed by atoms with Gasteiger partial charge in [-0.05, 0) is 56.5 Å². The van der Waals surface area contributed by atoms with Crippen molar-refractivity contribution in [3.63, 3.8) is 0 Å². The molecule has 0 saturated heterocycles. The first-order chi connectivity index (χ1) is 20.4. The minimum atomic E-state index is -4.07. The second kappa shape index (κ2) is 13.7. The molecule has 3 aromatic carbocycles. The molecule has 1 heterocycles. The number of nitrogens with one attached hydrogen (secondary N) is 3. The lowest BCUT2D eigenvalue weighted by Gasteiger charge is -2.17. The van der Waals surface area contributed by atoms with Crippen LogP contribution in [0.4, 0.5) is 0 Å². The highest BCUT2D eigenvalue weighted by molar-refractivity contribution is 7.90. The Bertz CT molecular complexity index is 1790. The Morgan fingerprint density at radius 3 is 2.07 bits per heavy atom. The van der Waals surface area contributed by atoms with E-state index in [2.05, 4.69) is 19.4 Å². The van der Waals surface area contributed by atoms with E-state index in [1.165, 1.54) is 30.5 Å². The van der Waals surface area contributed by atoms with Crippen LogP contribution >= 0.6 is 0 Å². The number of nitrogens with two attached hydrogens (primary N) is 1. The highest BCUT2D eigenvalue weighted by Gasteiger charge is 2.27. The first-order valence-corrected chi connectivity index (χ1v) is 16.3. The van der Waals surface area contributed by atoms with Gasteiger partial charge in [-0.15, -0.1) is 0 Å². The van der Waals surface area contributed by atoms with Crippen molar-refractivity contribution >= 4 is 32.0 Å². The van der Waals surface area contributed by atoms with Crippen LogP contribution in [-0.4, -0.2) is 46.3 Å². The zero-order valence-corrected chi connectivity index (χ0v) is 25.3. The second-order valence-electron chi connectivity index (χ2n) is 9.85. The van der Waals surface area contributed by atoms with Crippen LogP contribution in [0.2, 0.25) is 0 Å². The molecule has 0 amide bonds. The number of aryl methyl sites for hydroxylation is 2. The van der Waals surface area contributed by atoms with Gasteiger partial charge in [0, 0.05) is 24.5 Å². The molecule has 0 saturated carbocycles. The van der Waals surface area contributed by atoms with Gasteiger partial charge in [0.05, 0.1) is 9.79 Å². The number of carbonyl (C=O) groups excluding carboxylic acids is 1. The summed E-state index contributed by atoms with van der Waals surface area (Å²) in [6, 6.07) is 22.2. The standard InChI is InChI=1S/C30H33N5O6S2/c1-21-10-14-25(15-11-21)42(37,38)34-27(29(36)41-24-19-28(33-20-24)23-7-4-3-5-8-23)9-6-18-32-30(31)35-43(39,40)26-16-12-22(2)13-17-26/h3-5,7-8,10-17,19-20,27,33-34H,6,9,18H2,1-2H3,(H3,31,32,35)/t27-/m0/s1. The third kappa shape index (κ3) is 8.77. The maximum Gasteiger partial charge on any atom is 0.329 e. The molecule has 1 aromatic heterocycles. The molecule has 5 N–H and O–H groups in total. The average Bonchev–Trinajstić information content (AvgIpc) is 3.43. The van der Waals surface area contributed by atoms with Crippen LogP contribution in [0.3, 0.4) is 0 Å². The molecule has 0 aliphatic heterocycles. The fourth-order valence-corrected chi connectivity index (χ4v) is 6.22. The van der Waals surface area contributed by atoms with Crippen molar-refractivity contribution in [2.24, 2.45) is 10.7 Å². The molecule has 0 unspecified atom stereocenters. The average molecular weight is 624 g/mol. The van der Waals surface area contributed by atoms with Crippen LogP contribution in [0.25, 0.3) is 11.3 Å². The fraction of sp³-hybridized carbons (Fsp3) is 0.200. The topological polar surface area (TPSA) is 173 Å². The smallest absolute Gasteiger partial charge is 0.329 e. The molecule has 1 atom stereocenters. The van der Waals surface area contributed by atoms with E-state index >= 15 is 0 Å². The highest BCUT2D eigenvalue weighted by atomic mass is 32.2. The molecule has 226 valence electrons. The molecule has 4 aromatic rings. The van der Waals surface area contributed by atoms with E-state index in [0.717, 1.165) is 22.4 Å². The summed E-state index contributed by atoms with van der Waals surface area (Å²) in [6.45, 7) is 3.68. The Morgan fingerprint density at radius 2 is 1.47 bits per heavy atom. The van der Waals surface area contributed by atoms with E-state index in [-0.39, 0.29) is 40.9 Å². The molecule has 13 heteroatoms. The van der Waals surface area contributed by atoms with Crippen LogP contribution in [0.15, 0.2) is 106 Å². The lowest BCUT2D eigenvalue weighted by Crippen LogP contribution is -2.43. The van der Waals surface area contributed by atoms with Crippen molar-refractivity contribution in [3.8, 4) is 17.0 Å². The van der Waals surface area contributed by atoms with Gasteiger partial charge in [-0.2, -0.15) is 4.72 Å². The largest absolute Gasteiger partial charge is 0.424 e. The number of guanidine groups is 1. The number of aromatic amines is 1. The SMILES string of the molecule is Cc1ccc(S(=O)(=O)NC(N)=NCCC[C@H](NS(=O)(=O)c2ccc(C)cc2)C(=O)Oc2c[nH]c(-c3ccccc3)c2)cc1. The van der Waals surface area contributed by atoms with Crippen LogP contribution in [0, 0.1) is 13.8 Å². The van der Waals surface area contributed by atoms with E-state index in [4.69, 9.17) is 10.5 Å². The van der Waals surface area contributed by atoms with Crippen molar-refractivity contribution < 1.29 is 26.4 Å². The van der Waals surface area contributed by atoms with Gasteiger partial charge in [-0.3, -0.25) is 4.99 Å². The predicted octanol–water partition coefficient (Wildman–Crippen LogP) is 3.62. The first kappa shape index (κ1) is 31.5. The number of carbonyl (C=O) groups is 1. The van der Waals surface area contributed by atoms with E-state index in [9.17, 15) is 21.6 Å². The summed E-state index contributed by atoms with van der Waals surface area (Å²) in [5.74, 6) is -0.928. The Hall–Kier alpha value is -4.46. The number of ether oxygens (including phenoxy) is 1. The van der Waals surface area contributed by atoms with Gasteiger partial charge >= 0.3 is 5.97 Å². The summed E-state index contributed by atoms with van der Waals surface area (Å²) >= 11 is 0. The van der Waals surface area contributed by atoms with E-state index in [1.54, 1.807) is 30.3 Å². The van der Waals surface area contributed by atoms with Crippen molar-refractivity contribution in [2.45, 2.75) is 42.5 Å². The van der Waals surface area contributed by atoms with Gasteiger partial charge in [-0.25, -0.2) is 26.4 Å². The number of rotatable bonds is 12. The summed E-state index contributed by atoms with van der Waals surface area (Å²) in [6.07, 6.45) is 1.70. The second-order valence-corrected chi connectivity index (χ2v) is 13.2. The predicted molar refractivity (Wildman–Crippen MR) is 164 cm³/mol. The summed E-state index contributed by atoms with van der Waals surface area (Å²) in [5, 5.41) is 0. The summed E-state index contributed by atoms with van der Waals surface area (Å²) in [7, 11) is -8.00. The Morgan fingerprint density at radius 1 is 0.884 bits per heavy atom. The van der Waals surface area contributed by atoms with Crippen molar-refractivity contribution in [3.05, 3.63) is 102 Å². The molecule has 0 aliphatic carbocycles. The minimum Gasteiger partial charge on any atom is -0.424 e. The van der Waals surface area contributed by atoms with Crippen LogP contribution < -0.4 is 19.9 Å². The first-order valence-electron chi connectivity index (χ1n) is 13.4. The van der Waals surface area contributed by atoms with Crippen molar-refractivity contribution in [1.29, 1.82) is 0 Å². The molecule has 43 heavy (non-hydrogen) atoms. The molecule has 0 radical (unpaired) electrons. The van der Waals surface area contributed by atoms with Gasteiger partial charge in [0.2, 0.25) is 16.0 Å². The van der Waals surface area contributed by atoms with Gasteiger partial charge in [0.25, 0.3) is 10.0 Å². The Kier molecular flexibility index (Phi) is 10.0. The normalized spacial score (nSPS) is 12.9. The molecular formula is C30H33N5O6S2. The van der Waals surface area contributed by atoms with Gasteiger partial charge in [0.15, 0.2) is 0 Å². The maximum atomic E-state index is 13.2. The lowest BCUT2D eigenvalue weighted by atomic mass is 10.1. The Labute approximate surface area is 251 Å². The number of aliphatic imine (C=N–C) groups is 1. The van der Waals surface area contributed by atoms with Gasteiger partial charge < -0.3 is 15.5 Å². The lowest BCUT2D eigenvalue weighted by molar-refractivity contribution is -0.136. The molecule has 4 rings (SSSR count). The van der Waals surface area contributed by atoms with Crippen LogP contribution in [-0.2, 0) is 24.8 Å². The van der Waals surface area contributed by atoms with Crippen LogP contribution in [0.5, 0.6) is 5.75 Å². The quantitative estimate of drug-likeness (QED) is 0.0807. The number of H-pyrrole nitrogens is 1. The van der Waals surface area contributed by atoms with E-state index in [1.807, 2.05) is 44.2 Å². The number of nitrogens with zero attached hydrogens (tertiary/aromatic N) is 1. The summed E-state index contributed by atoms with van der Waals surface area (Å²) in [5.41, 5.74) is 9.19. The number of benzene rings is 3. The number of esters is 1. The molecule has 0 fully saturated rings. The zero-order valence-electron chi connectivity index (χ0n) is 23.6. The monoisotopic (exact) mass is 623 g/mol. The molecular weight excluding hydrogens is 590 g/mol. The van der Waals surface area contributed by atoms with Crippen molar-refractivity contribution in [2.75, 3.05) is 6.54 Å². The van der Waals surface area contributed by atoms with Crippen LogP contribution in [0.1, 0.15) is 24.0 Å². The van der Waals surface area contributed by atoms with E-state index in [0.29, 0.717) is 0 Å². The summed E-state index contributed by atoms with van der Waals surface area (Å²) < 4.78 is 61.5. The van der Waals surface area contributed by atoms with E-state index < -0.39 is 32.1 Å². The third-order valence-electron chi connectivity index (χ3n) is 6.38. The maximum absolute atomic E-state index is 13.2. The third-order valence-corrected chi connectivity index (χ3v) is 9.23. The Balaban J connectivity index is 1.44. The van der Waals surface area contributed by atoms with Gasteiger partial charge in [0.1, 0.15) is 11.8 Å². The highest BCUT2D eigenvalue weighted by Crippen LogP contribution is 2.23. The summed E-state index contributed by atoms with van der Waals surface area (Å²) in [4.78, 5) is 20.3. The van der Waals surface area contributed by atoms with Crippen molar-refractivity contribution in [1.82, 2.24) is 14.4 Å². The number of hydrogen-bond donors (Lipinski definition) is 4. The van der Waals surface area contributed by atoms with Gasteiger partial charge in [-0.1, -0.05) is 65.7 Å². The minimum absolute atomic E-state index is 0.00137. The molecule has 0 spiro atoms. The zero-order chi connectivity index (χ0) is 31.0. The molecule has 0 aliphatic rings. The number of hydrogen-bond acceptors (Lipinski definition) is 7. The fourth-order valence-electron chi connectivity index (χ4n) is 4.04. The number of sulfonamides is 2. The number of aromatic nitrogens is 1.